The Hall–Kier alpha value is -0.950. The number of fused-ring (bicyclic) bond motifs is 1. The third-order valence-electron chi connectivity index (χ3n) is 2.16. The standard InChI is InChI=1S/C9H4N4O4.2Na/c10-3-4-1-5-6(2-7(4)13(16)17)12-9(15)8(14)11-5;;/h1-2H,(H,11,14)(H,12,15);;. The van der Waals surface area contributed by atoms with E-state index in [-0.39, 0.29) is 75.7 Å². The number of benzene rings is 1. The van der Waals surface area contributed by atoms with E-state index in [1.807, 2.05) is 0 Å². The van der Waals surface area contributed by atoms with E-state index in [1.54, 1.807) is 6.07 Å². The Morgan fingerprint density at radius 2 is 1.58 bits per heavy atom. The molecule has 0 spiro atoms. The molecule has 2 radical (unpaired) electrons. The molecule has 0 bridgehead atoms. The molecule has 2 rings (SSSR count). The topological polar surface area (TPSA) is 133 Å². The molecule has 0 saturated heterocycles. The van der Waals surface area contributed by atoms with E-state index in [0.29, 0.717) is 0 Å². The number of hydrogen-bond acceptors (Lipinski definition) is 5. The number of nitrogens with one attached hydrogen (secondary N) is 2. The van der Waals surface area contributed by atoms with Gasteiger partial charge in [-0.25, -0.2) is 0 Å². The van der Waals surface area contributed by atoms with Gasteiger partial charge in [-0.05, 0) is 6.07 Å². The van der Waals surface area contributed by atoms with Crippen LogP contribution in [0.5, 0.6) is 0 Å². The second-order valence-corrected chi connectivity index (χ2v) is 3.19. The Morgan fingerprint density at radius 1 is 1.11 bits per heavy atom. The number of nitro groups is 1. The molecule has 1 aromatic carbocycles. The van der Waals surface area contributed by atoms with E-state index in [1.165, 1.54) is 0 Å². The Balaban J connectivity index is 0.00000162. The minimum Gasteiger partial charge on any atom is -0.316 e. The van der Waals surface area contributed by atoms with Crippen molar-refractivity contribution >= 4 is 75.8 Å². The molecule has 0 aliphatic heterocycles. The van der Waals surface area contributed by atoms with Gasteiger partial charge in [0.15, 0.2) is 0 Å². The fourth-order valence-electron chi connectivity index (χ4n) is 1.39. The summed E-state index contributed by atoms with van der Waals surface area (Å²) in [6.45, 7) is 0. The molecule has 0 aliphatic carbocycles. The van der Waals surface area contributed by atoms with E-state index in [4.69, 9.17) is 5.26 Å². The van der Waals surface area contributed by atoms with Gasteiger partial charge < -0.3 is 9.97 Å². The monoisotopic (exact) mass is 278 g/mol. The van der Waals surface area contributed by atoms with Gasteiger partial charge in [-0.3, -0.25) is 19.7 Å². The smallest absolute Gasteiger partial charge is 0.314 e. The molecule has 8 nitrogen and oxygen atoms in total. The van der Waals surface area contributed by atoms with Crippen LogP contribution in [0.2, 0.25) is 0 Å². The largest absolute Gasteiger partial charge is 0.316 e. The zero-order chi connectivity index (χ0) is 12.6. The van der Waals surface area contributed by atoms with Crippen LogP contribution in [0.15, 0.2) is 21.7 Å². The van der Waals surface area contributed by atoms with Gasteiger partial charge in [-0.15, -0.1) is 0 Å². The van der Waals surface area contributed by atoms with Crippen LogP contribution in [0.3, 0.4) is 0 Å². The predicted molar refractivity (Wildman–Crippen MR) is 68.1 cm³/mol. The second-order valence-electron chi connectivity index (χ2n) is 3.19. The Morgan fingerprint density at radius 3 is 2.00 bits per heavy atom. The minimum atomic E-state index is -0.906. The van der Waals surface area contributed by atoms with Crippen LogP contribution in [-0.4, -0.2) is 74.0 Å². The zero-order valence-corrected chi connectivity index (χ0v) is 14.2. The van der Waals surface area contributed by atoms with Crippen molar-refractivity contribution in [2.24, 2.45) is 0 Å². The van der Waals surface area contributed by atoms with Crippen molar-refractivity contribution in [3.8, 4) is 6.07 Å². The minimum absolute atomic E-state index is 0. The van der Waals surface area contributed by atoms with Crippen LogP contribution in [0.4, 0.5) is 5.69 Å². The Bertz CT molecular complexity index is 789. The van der Waals surface area contributed by atoms with Crippen LogP contribution in [0.25, 0.3) is 11.0 Å². The number of nitrogens with zero attached hydrogens (tertiary/aromatic N) is 2. The van der Waals surface area contributed by atoms with Crippen LogP contribution < -0.4 is 11.1 Å². The number of aromatic amines is 2. The summed E-state index contributed by atoms with van der Waals surface area (Å²) in [6.07, 6.45) is 0. The van der Waals surface area contributed by atoms with Crippen molar-refractivity contribution in [1.82, 2.24) is 9.97 Å². The number of nitro benzene ring substituents is 1. The first kappa shape index (κ1) is 18.0. The van der Waals surface area contributed by atoms with Crippen molar-refractivity contribution in [2.45, 2.75) is 0 Å². The van der Waals surface area contributed by atoms with Gasteiger partial charge in [0.25, 0.3) is 5.69 Å². The normalized spacial score (nSPS) is 9.00. The summed E-state index contributed by atoms with van der Waals surface area (Å²) in [5, 5.41) is 19.4. The average molecular weight is 278 g/mol. The van der Waals surface area contributed by atoms with Crippen molar-refractivity contribution in [3.63, 3.8) is 0 Å². The molecule has 0 amide bonds. The summed E-state index contributed by atoms with van der Waals surface area (Å²) < 4.78 is 0. The predicted octanol–water partition coefficient (Wildman–Crippen LogP) is -0.765. The summed E-state index contributed by atoms with van der Waals surface area (Å²) in [4.78, 5) is 36.4. The molecule has 86 valence electrons. The molecule has 2 aromatic rings. The molecule has 0 unspecified atom stereocenters. The maximum atomic E-state index is 11.0. The van der Waals surface area contributed by atoms with Crippen LogP contribution >= 0.6 is 0 Å². The number of nitriles is 1. The van der Waals surface area contributed by atoms with Gasteiger partial charge in [-0.2, -0.15) is 5.26 Å². The van der Waals surface area contributed by atoms with Crippen molar-refractivity contribution < 1.29 is 4.92 Å². The third kappa shape index (κ3) is 3.54. The van der Waals surface area contributed by atoms with Crippen molar-refractivity contribution in [2.75, 3.05) is 0 Å². The number of hydrogen-bond donors (Lipinski definition) is 2. The first-order chi connectivity index (χ1) is 8.02. The van der Waals surface area contributed by atoms with Crippen molar-refractivity contribution in [3.05, 3.63) is 48.5 Å². The van der Waals surface area contributed by atoms with Crippen LogP contribution in [0, 0.1) is 21.4 Å². The van der Waals surface area contributed by atoms with E-state index >= 15 is 0 Å². The SMILES string of the molecule is N#Cc1cc2[nH]c(=O)c(=O)[nH]c2cc1[N+](=O)[O-].[Na].[Na]. The molecule has 1 aromatic heterocycles. The zero-order valence-electron chi connectivity index (χ0n) is 10.2. The maximum absolute atomic E-state index is 11.0. The van der Waals surface area contributed by atoms with Gasteiger partial charge in [-0.1, -0.05) is 0 Å². The van der Waals surface area contributed by atoms with Gasteiger partial charge in [0.1, 0.15) is 11.6 Å². The molecule has 10 heteroatoms. The van der Waals surface area contributed by atoms with Gasteiger partial charge in [0.2, 0.25) is 0 Å². The van der Waals surface area contributed by atoms with E-state index < -0.39 is 21.7 Å². The van der Waals surface area contributed by atoms with Gasteiger partial charge >= 0.3 is 11.1 Å². The molecular formula is C9H4N4Na2O4. The molecule has 2 N–H and O–H groups in total. The van der Waals surface area contributed by atoms with Crippen LogP contribution in [-0.2, 0) is 0 Å². The first-order valence-corrected chi connectivity index (χ1v) is 4.38. The molecular weight excluding hydrogens is 274 g/mol. The number of rotatable bonds is 1. The fraction of sp³-hybridized carbons (Fsp3) is 0. The number of aromatic nitrogens is 2. The molecule has 0 aliphatic rings. The fourth-order valence-corrected chi connectivity index (χ4v) is 1.39. The molecule has 19 heavy (non-hydrogen) atoms. The summed E-state index contributed by atoms with van der Waals surface area (Å²) in [5.41, 5.74) is -2.14. The van der Waals surface area contributed by atoms with Gasteiger partial charge in [0.05, 0.1) is 16.0 Å². The summed E-state index contributed by atoms with van der Waals surface area (Å²) in [5.74, 6) is 0. The second kappa shape index (κ2) is 7.00. The molecule has 0 atom stereocenters. The Labute approximate surface area is 149 Å². The average Bonchev–Trinajstić information content (AvgIpc) is 2.29. The van der Waals surface area contributed by atoms with E-state index in [9.17, 15) is 19.7 Å². The van der Waals surface area contributed by atoms with E-state index in [2.05, 4.69) is 9.97 Å². The Kier molecular flexibility index (Phi) is 6.65. The summed E-state index contributed by atoms with van der Waals surface area (Å²) in [6, 6.07) is 3.82. The van der Waals surface area contributed by atoms with Crippen molar-refractivity contribution in [1.29, 1.82) is 5.26 Å². The quantitative estimate of drug-likeness (QED) is 0.306. The molecule has 0 saturated carbocycles. The molecule has 1 heterocycles. The maximum Gasteiger partial charge on any atom is 0.314 e. The van der Waals surface area contributed by atoms with Gasteiger partial charge in [0, 0.05) is 65.2 Å². The first-order valence-electron chi connectivity index (χ1n) is 4.38. The van der Waals surface area contributed by atoms with Crippen LogP contribution in [0.1, 0.15) is 5.56 Å². The third-order valence-corrected chi connectivity index (χ3v) is 2.16. The molecule has 0 fully saturated rings. The number of H-pyrrole nitrogens is 2. The summed E-state index contributed by atoms with van der Waals surface area (Å²) >= 11 is 0. The summed E-state index contributed by atoms with van der Waals surface area (Å²) in [7, 11) is 0. The van der Waals surface area contributed by atoms with E-state index in [0.717, 1.165) is 12.1 Å².